The van der Waals surface area contributed by atoms with Gasteiger partial charge in [0.25, 0.3) is 0 Å². The quantitative estimate of drug-likeness (QED) is 0.0682. The number of amides is 2. The second-order valence-electron chi connectivity index (χ2n) is 16.3. The highest BCUT2D eigenvalue weighted by atomic mass is 16.2. The highest BCUT2D eigenvalue weighted by Crippen LogP contribution is 2.20. The van der Waals surface area contributed by atoms with E-state index < -0.39 is 0 Å². The molecule has 0 aliphatic carbocycles. The van der Waals surface area contributed by atoms with E-state index in [2.05, 4.69) is 24.5 Å². The lowest BCUT2D eigenvalue weighted by atomic mass is 10.0. The van der Waals surface area contributed by atoms with Gasteiger partial charge in [0.15, 0.2) is 0 Å². The number of hydrogen-bond acceptors (Lipinski definition) is 4. The van der Waals surface area contributed by atoms with E-state index in [4.69, 9.17) is 0 Å². The molecule has 2 aromatic rings. The van der Waals surface area contributed by atoms with Crippen LogP contribution in [0.15, 0.2) is 58.1 Å². The number of nitrogens with one attached hydrogen (secondary N) is 2. The SMILES string of the molecule is CCCCCCCCCCCCCCCCCC(=O)Nc1ccc(-c2ccc(NC(=O)CCCCCCCCCCCCCCCCC)c(=O)cc2)ccc1=O. The third kappa shape index (κ3) is 25.1. The Bertz CT molecular complexity index is 1330. The minimum atomic E-state index is -0.266. The molecule has 0 spiro atoms. The minimum Gasteiger partial charge on any atom is -0.323 e. The second-order valence-corrected chi connectivity index (χ2v) is 16.3. The third-order valence-electron chi connectivity index (χ3n) is 11.1. The Labute approximate surface area is 341 Å². The van der Waals surface area contributed by atoms with Crippen molar-refractivity contribution >= 4 is 23.2 Å². The Hall–Kier alpha value is -3.28. The summed E-state index contributed by atoms with van der Waals surface area (Å²) in [5.41, 5.74) is 1.43. The van der Waals surface area contributed by atoms with Crippen LogP contribution in [0.2, 0.25) is 0 Å². The molecule has 0 fully saturated rings. The molecule has 0 unspecified atom stereocenters. The molecule has 0 radical (unpaired) electrons. The lowest BCUT2D eigenvalue weighted by molar-refractivity contribution is -0.117. The highest BCUT2D eigenvalue weighted by Gasteiger charge is 2.08. The van der Waals surface area contributed by atoms with E-state index in [9.17, 15) is 19.2 Å². The van der Waals surface area contributed by atoms with Gasteiger partial charge in [-0.2, -0.15) is 0 Å². The predicted octanol–water partition coefficient (Wildman–Crippen LogP) is 14.5. The van der Waals surface area contributed by atoms with E-state index in [1.54, 1.807) is 36.4 Å². The van der Waals surface area contributed by atoms with Crippen LogP contribution in [0.4, 0.5) is 11.4 Å². The topological polar surface area (TPSA) is 92.3 Å². The van der Waals surface area contributed by atoms with Gasteiger partial charge in [-0.15, -0.1) is 0 Å². The fourth-order valence-corrected chi connectivity index (χ4v) is 7.46. The molecular weight excluding hydrogens is 693 g/mol. The molecule has 2 amide bonds. The molecular formula is C50H80N2O4. The van der Waals surface area contributed by atoms with Crippen molar-refractivity contribution in [3.63, 3.8) is 0 Å². The van der Waals surface area contributed by atoms with Crippen molar-refractivity contribution in [1.29, 1.82) is 0 Å². The van der Waals surface area contributed by atoms with Crippen LogP contribution < -0.4 is 21.5 Å². The fraction of sp³-hybridized carbons (Fsp3) is 0.680. The standard InChI is InChI=1S/C50H80N2O4/c1-3-5-7-9-11-13-15-17-19-21-23-25-27-29-31-33-49(55)51-45-39-35-43(37-41-47(45)53)44-36-40-46(48(54)42-38-44)52-50(56)34-32-30-28-26-24-22-20-18-16-14-12-10-8-6-4-2/h35-42H,3-34H2,1-2H3,(H,51,53,55)(H,52,54,56). The first-order chi connectivity index (χ1) is 27.4. The first-order valence-corrected chi connectivity index (χ1v) is 23.3. The maximum Gasteiger partial charge on any atom is 0.224 e. The van der Waals surface area contributed by atoms with Gasteiger partial charge < -0.3 is 10.6 Å². The van der Waals surface area contributed by atoms with Crippen molar-refractivity contribution < 1.29 is 9.59 Å². The molecule has 2 aromatic carbocycles. The van der Waals surface area contributed by atoms with Crippen LogP contribution in [0.1, 0.15) is 219 Å². The van der Waals surface area contributed by atoms with Crippen LogP contribution in [0, 0.1) is 0 Å². The average molecular weight is 773 g/mol. The largest absolute Gasteiger partial charge is 0.323 e. The Balaban J connectivity index is 1.63. The Morgan fingerprint density at radius 2 is 0.571 bits per heavy atom. The normalized spacial score (nSPS) is 11.1. The number of carbonyl (C=O) groups is 2. The number of anilines is 2. The van der Waals surface area contributed by atoms with Crippen molar-refractivity contribution in [1.82, 2.24) is 0 Å². The molecule has 0 bridgehead atoms. The van der Waals surface area contributed by atoms with E-state index in [1.807, 2.05) is 0 Å². The van der Waals surface area contributed by atoms with Crippen LogP contribution in [0.5, 0.6) is 0 Å². The van der Waals surface area contributed by atoms with Gasteiger partial charge in [-0.3, -0.25) is 19.2 Å². The van der Waals surface area contributed by atoms with Gasteiger partial charge in [0.2, 0.25) is 22.7 Å². The van der Waals surface area contributed by atoms with Crippen LogP contribution in [0.25, 0.3) is 11.1 Å². The highest BCUT2D eigenvalue weighted by molar-refractivity contribution is 5.91. The molecule has 6 heteroatoms. The van der Waals surface area contributed by atoms with Crippen molar-refractivity contribution in [3.8, 4) is 11.1 Å². The molecule has 6 nitrogen and oxygen atoms in total. The second kappa shape index (κ2) is 33.8. The first kappa shape index (κ1) is 48.9. The summed E-state index contributed by atoms with van der Waals surface area (Å²) in [5, 5.41) is 5.61. The van der Waals surface area contributed by atoms with Gasteiger partial charge in [-0.25, -0.2) is 0 Å². The van der Waals surface area contributed by atoms with Gasteiger partial charge in [0.1, 0.15) is 0 Å². The molecule has 2 rings (SSSR count). The monoisotopic (exact) mass is 773 g/mol. The molecule has 0 saturated heterocycles. The zero-order valence-corrected chi connectivity index (χ0v) is 35.9. The Morgan fingerprint density at radius 1 is 0.339 bits per heavy atom. The summed E-state index contributed by atoms with van der Waals surface area (Å²) in [6.07, 6.45) is 39.1. The van der Waals surface area contributed by atoms with Gasteiger partial charge >= 0.3 is 0 Å². The predicted molar refractivity (Wildman–Crippen MR) is 241 cm³/mol. The molecule has 0 aliphatic heterocycles. The smallest absolute Gasteiger partial charge is 0.224 e. The van der Waals surface area contributed by atoms with E-state index in [1.165, 1.54) is 166 Å². The van der Waals surface area contributed by atoms with E-state index >= 15 is 0 Å². The van der Waals surface area contributed by atoms with Gasteiger partial charge in [0, 0.05) is 12.8 Å². The van der Waals surface area contributed by atoms with Gasteiger partial charge in [-0.05, 0) is 48.2 Å². The summed E-state index contributed by atoms with van der Waals surface area (Å²) in [7, 11) is 0. The van der Waals surface area contributed by atoms with Crippen LogP contribution in [0.3, 0.4) is 0 Å². The summed E-state index contributed by atoms with van der Waals surface area (Å²) >= 11 is 0. The van der Waals surface area contributed by atoms with Crippen LogP contribution in [-0.2, 0) is 9.59 Å². The molecule has 2 N–H and O–H groups in total. The lowest BCUT2D eigenvalue weighted by Crippen LogP contribution is -2.16. The van der Waals surface area contributed by atoms with Crippen molar-refractivity contribution in [3.05, 3.63) is 69.0 Å². The number of carbonyl (C=O) groups excluding carboxylic acids is 2. The summed E-state index contributed by atoms with van der Waals surface area (Å²) in [5.74, 6) is -0.284. The van der Waals surface area contributed by atoms with Crippen LogP contribution >= 0.6 is 0 Å². The molecule has 0 aromatic heterocycles. The fourth-order valence-electron chi connectivity index (χ4n) is 7.46. The van der Waals surface area contributed by atoms with Gasteiger partial charge in [-0.1, -0.05) is 218 Å². The molecule has 0 atom stereocenters. The Kier molecular flexibility index (Phi) is 29.5. The van der Waals surface area contributed by atoms with Crippen molar-refractivity contribution in [2.45, 2.75) is 219 Å². The summed E-state index contributed by atoms with van der Waals surface area (Å²) < 4.78 is 0. The first-order valence-electron chi connectivity index (χ1n) is 23.3. The van der Waals surface area contributed by atoms with Crippen molar-refractivity contribution in [2.24, 2.45) is 0 Å². The molecule has 314 valence electrons. The summed E-state index contributed by atoms with van der Waals surface area (Å²) in [4.78, 5) is 50.8. The summed E-state index contributed by atoms with van der Waals surface area (Å²) in [6.45, 7) is 4.53. The molecule has 0 saturated carbocycles. The Morgan fingerprint density at radius 3 is 0.839 bits per heavy atom. The molecule has 56 heavy (non-hydrogen) atoms. The number of unbranched alkanes of at least 4 members (excludes halogenated alkanes) is 28. The average Bonchev–Trinajstić information content (AvgIpc) is 3.49. The zero-order valence-electron chi connectivity index (χ0n) is 35.9. The third-order valence-corrected chi connectivity index (χ3v) is 11.1. The number of hydrogen-bond donors (Lipinski definition) is 2. The maximum absolute atomic E-state index is 12.8. The number of rotatable bonds is 35. The van der Waals surface area contributed by atoms with Gasteiger partial charge in [0.05, 0.1) is 11.4 Å². The summed E-state index contributed by atoms with van der Waals surface area (Å²) in [6, 6.07) is 13.1. The van der Waals surface area contributed by atoms with E-state index in [0.29, 0.717) is 12.8 Å². The zero-order chi connectivity index (χ0) is 40.3. The van der Waals surface area contributed by atoms with Crippen LogP contribution in [-0.4, -0.2) is 11.8 Å². The minimum absolute atomic E-state index is 0.142. The lowest BCUT2D eigenvalue weighted by Gasteiger charge is -2.04. The molecule has 0 aliphatic rings. The van der Waals surface area contributed by atoms with E-state index in [0.717, 1.165) is 49.7 Å². The van der Waals surface area contributed by atoms with E-state index in [-0.39, 0.29) is 34.0 Å². The maximum atomic E-state index is 12.8. The molecule has 0 heterocycles. The van der Waals surface area contributed by atoms with Crippen molar-refractivity contribution in [2.75, 3.05) is 10.6 Å².